The molecule has 2 rings (SSSR count). The Morgan fingerprint density at radius 2 is 1.86 bits per heavy atom. The molecule has 9 heteroatoms. The molecule has 0 bridgehead atoms. The monoisotopic (exact) mass is 326 g/mol. The molecule has 0 unspecified atom stereocenters. The maximum Gasteiger partial charge on any atom is 0.318 e. The Bertz CT molecular complexity index is 763. The number of nitrogens with one attached hydrogen (secondary N) is 1. The van der Waals surface area contributed by atoms with Crippen molar-refractivity contribution in [1.82, 2.24) is 9.97 Å². The van der Waals surface area contributed by atoms with E-state index in [1.54, 1.807) is 19.0 Å². The smallest absolute Gasteiger partial charge is 0.318 e. The molecule has 0 fully saturated rings. The lowest BCUT2D eigenvalue weighted by atomic mass is 10.4. The normalized spacial score (nSPS) is 11.1. The van der Waals surface area contributed by atoms with Gasteiger partial charge in [0.15, 0.2) is 5.82 Å². The van der Waals surface area contributed by atoms with Crippen LogP contribution in [0.2, 0.25) is 0 Å². The van der Waals surface area contributed by atoms with Crippen molar-refractivity contribution in [3.8, 4) is 6.01 Å². The van der Waals surface area contributed by atoms with E-state index < -0.39 is 15.8 Å². The summed E-state index contributed by atoms with van der Waals surface area (Å²) in [5, 5.41) is 0. The highest BCUT2D eigenvalue weighted by molar-refractivity contribution is 7.92. The third kappa shape index (κ3) is 3.42. The van der Waals surface area contributed by atoms with Crippen LogP contribution >= 0.6 is 0 Å². The Morgan fingerprint density at radius 1 is 1.23 bits per heavy atom. The highest BCUT2D eigenvalue weighted by atomic mass is 32.2. The Labute approximate surface area is 127 Å². The van der Waals surface area contributed by atoms with Crippen molar-refractivity contribution in [2.24, 2.45) is 0 Å². The van der Waals surface area contributed by atoms with E-state index >= 15 is 0 Å². The third-order valence-corrected chi connectivity index (χ3v) is 4.10. The molecule has 22 heavy (non-hydrogen) atoms. The van der Waals surface area contributed by atoms with Crippen LogP contribution in [-0.2, 0) is 10.0 Å². The second kappa shape index (κ2) is 6.14. The standard InChI is InChI=1S/C13H15FN4O3S/c1-18(2)12-11(8-15-13(16-12)21-3)17-22(19,20)10-6-4-9(14)5-7-10/h4-8,17H,1-3H3. The first-order valence-corrected chi connectivity index (χ1v) is 7.68. The van der Waals surface area contributed by atoms with Crippen LogP contribution in [0.5, 0.6) is 6.01 Å². The topological polar surface area (TPSA) is 84.4 Å². The fraction of sp³-hybridized carbons (Fsp3) is 0.231. The molecule has 0 saturated carbocycles. The van der Waals surface area contributed by atoms with Gasteiger partial charge in [-0.3, -0.25) is 4.72 Å². The lowest BCUT2D eigenvalue weighted by Crippen LogP contribution is -2.19. The summed E-state index contributed by atoms with van der Waals surface area (Å²) in [5.74, 6) is -0.168. The summed E-state index contributed by atoms with van der Waals surface area (Å²) < 4.78 is 44.8. The van der Waals surface area contributed by atoms with E-state index in [4.69, 9.17) is 4.74 Å². The number of hydrogen-bond donors (Lipinski definition) is 1. The predicted molar refractivity (Wildman–Crippen MR) is 80.1 cm³/mol. The molecule has 0 spiro atoms. The first-order valence-electron chi connectivity index (χ1n) is 6.20. The van der Waals surface area contributed by atoms with Crippen molar-refractivity contribution in [3.63, 3.8) is 0 Å². The van der Waals surface area contributed by atoms with Crippen LogP contribution in [-0.4, -0.2) is 39.6 Å². The Morgan fingerprint density at radius 3 is 2.41 bits per heavy atom. The van der Waals surface area contributed by atoms with Gasteiger partial charge in [-0.2, -0.15) is 4.98 Å². The number of ether oxygens (including phenoxy) is 1. The quantitative estimate of drug-likeness (QED) is 0.896. The molecule has 1 N–H and O–H groups in total. The van der Waals surface area contributed by atoms with E-state index in [0.29, 0.717) is 5.82 Å². The number of halogens is 1. The van der Waals surface area contributed by atoms with Crippen molar-refractivity contribution >= 4 is 21.5 Å². The van der Waals surface area contributed by atoms with Crippen molar-refractivity contribution in [2.45, 2.75) is 4.90 Å². The molecule has 0 aliphatic heterocycles. The van der Waals surface area contributed by atoms with Crippen LogP contribution in [0.25, 0.3) is 0 Å². The summed E-state index contributed by atoms with van der Waals surface area (Å²) in [7, 11) is 0.956. The van der Waals surface area contributed by atoms with Crippen LogP contribution in [0.4, 0.5) is 15.9 Å². The molecule has 1 aromatic carbocycles. The minimum atomic E-state index is -3.87. The van der Waals surface area contributed by atoms with Gasteiger partial charge in [-0.05, 0) is 24.3 Å². The fourth-order valence-corrected chi connectivity index (χ4v) is 2.73. The largest absolute Gasteiger partial charge is 0.467 e. The fourth-order valence-electron chi connectivity index (χ4n) is 1.69. The van der Waals surface area contributed by atoms with Crippen LogP contribution in [0.1, 0.15) is 0 Å². The van der Waals surface area contributed by atoms with Gasteiger partial charge in [-0.15, -0.1) is 0 Å². The zero-order valence-electron chi connectivity index (χ0n) is 12.2. The number of anilines is 2. The van der Waals surface area contributed by atoms with Crippen LogP contribution in [0.3, 0.4) is 0 Å². The predicted octanol–water partition coefficient (Wildman–Crippen LogP) is 1.49. The van der Waals surface area contributed by atoms with Crippen molar-refractivity contribution in [2.75, 3.05) is 30.8 Å². The summed E-state index contributed by atoms with van der Waals surface area (Å²) in [4.78, 5) is 9.53. The van der Waals surface area contributed by atoms with E-state index in [1.807, 2.05) is 0 Å². The van der Waals surface area contributed by atoms with Gasteiger partial charge in [0.05, 0.1) is 18.2 Å². The number of sulfonamides is 1. The van der Waals surface area contributed by atoms with Gasteiger partial charge < -0.3 is 9.64 Å². The van der Waals surface area contributed by atoms with E-state index in [9.17, 15) is 12.8 Å². The molecular weight excluding hydrogens is 311 g/mol. The van der Waals surface area contributed by atoms with E-state index in [2.05, 4.69) is 14.7 Å². The number of rotatable bonds is 5. The first-order chi connectivity index (χ1) is 10.3. The summed E-state index contributed by atoms with van der Waals surface area (Å²) in [5.41, 5.74) is 0.190. The molecule has 1 aromatic heterocycles. The minimum Gasteiger partial charge on any atom is -0.467 e. The molecule has 118 valence electrons. The molecule has 0 radical (unpaired) electrons. The summed E-state index contributed by atoms with van der Waals surface area (Å²) in [6.45, 7) is 0. The molecule has 1 heterocycles. The highest BCUT2D eigenvalue weighted by Crippen LogP contribution is 2.25. The average molecular weight is 326 g/mol. The number of aromatic nitrogens is 2. The van der Waals surface area contributed by atoms with Crippen molar-refractivity contribution in [1.29, 1.82) is 0 Å². The van der Waals surface area contributed by atoms with Gasteiger partial charge in [0.1, 0.15) is 11.5 Å². The maximum absolute atomic E-state index is 12.9. The number of benzene rings is 1. The Kier molecular flexibility index (Phi) is 4.45. The number of hydrogen-bond acceptors (Lipinski definition) is 6. The third-order valence-electron chi connectivity index (χ3n) is 2.72. The number of nitrogens with zero attached hydrogens (tertiary/aromatic N) is 3. The van der Waals surface area contributed by atoms with Gasteiger partial charge >= 0.3 is 6.01 Å². The molecule has 2 aromatic rings. The molecule has 7 nitrogen and oxygen atoms in total. The van der Waals surface area contributed by atoms with E-state index in [1.165, 1.54) is 25.4 Å². The van der Waals surface area contributed by atoms with Gasteiger partial charge in [0.2, 0.25) is 0 Å². The van der Waals surface area contributed by atoms with Crippen LogP contribution in [0.15, 0.2) is 35.4 Å². The highest BCUT2D eigenvalue weighted by Gasteiger charge is 2.18. The molecule has 0 saturated heterocycles. The van der Waals surface area contributed by atoms with Crippen LogP contribution < -0.4 is 14.4 Å². The second-order valence-electron chi connectivity index (χ2n) is 4.55. The first kappa shape index (κ1) is 16.0. The minimum absolute atomic E-state index is 0.0607. The lowest BCUT2D eigenvalue weighted by molar-refractivity contribution is 0.380. The SMILES string of the molecule is COc1ncc(NS(=O)(=O)c2ccc(F)cc2)c(N(C)C)n1. The summed E-state index contributed by atoms with van der Waals surface area (Å²) in [6.07, 6.45) is 1.31. The molecule has 0 atom stereocenters. The summed E-state index contributed by atoms with van der Waals surface area (Å²) >= 11 is 0. The molecular formula is C13H15FN4O3S. The van der Waals surface area contributed by atoms with Crippen LogP contribution in [0, 0.1) is 5.82 Å². The molecule has 0 aliphatic carbocycles. The van der Waals surface area contributed by atoms with Crippen molar-refractivity contribution < 1.29 is 17.5 Å². The molecule has 0 amide bonds. The van der Waals surface area contributed by atoms with Gasteiger partial charge in [0.25, 0.3) is 10.0 Å². The van der Waals surface area contributed by atoms with Gasteiger partial charge in [-0.25, -0.2) is 17.8 Å². The molecule has 0 aliphatic rings. The lowest BCUT2D eigenvalue weighted by Gasteiger charge is -2.17. The zero-order chi connectivity index (χ0) is 16.3. The zero-order valence-corrected chi connectivity index (χ0v) is 13.1. The number of methoxy groups -OCH3 is 1. The van der Waals surface area contributed by atoms with Gasteiger partial charge in [-0.1, -0.05) is 0 Å². The van der Waals surface area contributed by atoms with Crippen molar-refractivity contribution in [3.05, 3.63) is 36.3 Å². The Hall–Kier alpha value is -2.42. The average Bonchev–Trinajstić information content (AvgIpc) is 2.47. The Balaban J connectivity index is 2.39. The van der Waals surface area contributed by atoms with Gasteiger partial charge in [0, 0.05) is 14.1 Å². The second-order valence-corrected chi connectivity index (χ2v) is 6.23. The summed E-state index contributed by atoms with van der Waals surface area (Å²) in [6, 6.07) is 4.63. The van der Waals surface area contributed by atoms with E-state index in [-0.39, 0.29) is 16.6 Å². The maximum atomic E-state index is 12.9. The van der Waals surface area contributed by atoms with E-state index in [0.717, 1.165) is 12.1 Å².